The van der Waals surface area contributed by atoms with E-state index >= 15 is 0 Å². The van der Waals surface area contributed by atoms with Crippen molar-refractivity contribution in [2.24, 2.45) is 0 Å². The van der Waals surface area contributed by atoms with Crippen LogP contribution in [0.3, 0.4) is 0 Å². The molecule has 0 saturated carbocycles. The fraction of sp³-hybridized carbons (Fsp3) is 0.889. The van der Waals surface area contributed by atoms with E-state index in [1.807, 2.05) is 0 Å². The zero-order valence-corrected chi connectivity index (χ0v) is 7.79. The van der Waals surface area contributed by atoms with Crippen LogP contribution in [0.5, 0.6) is 0 Å². The molecule has 2 saturated heterocycles. The first kappa shape index (κ1) is 8.81. The average molecular weight is 185 g/mol. The predicted octanol–water partition coefficient (Wildman–Crippen LogP) is 1.05. The summed E-state index contributed by atoms with van der Waals surface area (Å²) in [6.45, 7) is 2.23. The number of carbonyl (C=O) groups excluding carboxylic acids is 1. The zero-order valence-electron chi connectivity index (χ0n) is 7.79. The Labute approximate surface area is 77.6 Å². The van der Waals surface area contributed by atoms with Crippen LogP contribution in [-0.4, -0.2) is 30.9 Å². The molecule has 74 valence electrons. The molecule has 2 aliphatic heterocycles. The molecule has 0 spiro atoms. The lowest BCUT2D eigenvalue weighted by Gasteiger charge is -2.19. The molecule has 0 aliphatic carbocycles. The number of alkyl carbamates (subject to hydrolysis) is 1. The Bertz CT molecular complexity index is 207. The van der Waals surface area contributed by atoms with E-state index in [4.69, 9.17) is 9.47 Å². The minimum atomic E-state index is -0.316. The van der Waals surface area contributed by atoms with Crippen molar-refractivity contribution < 1.29 is 14.3 Å². The van der Waals surface area contributed by atoms with Gasteiger partial charge in [-0.25, -0.2) is 4.79 Å². The smallest absolute Gasteiger partial charge is 0.407 e. The SMILES string of the molecule is CCOC(=O)N[C@@H]1C[C@H]2CC[C@H]1O2. The topological polar surface area (TPSA) is 47.6 Å². The summed E-state index contributed by atoms with van der Waals surface area (Å²) in [6, 6.07) is 0.179. The average Bonchev–Trinajstić information content (AvgIpc) is 2.65. The molecule has 2 rings (SSSR count). The number of carbonyl (C=O) groups is 1. The third-order valence-corrected chi connectivity index (χ3v) is 2.68. The summed E-state index contributed by atoms with van der Waals surface area (Å²) >= 11 is 0. The highest BCUT2D eigenvalue weighted by Crippen LogP contribution is 2.34. The second kappa shape index (κ2) is 3.54. The fourth-order valence-corrected chi connectivity index (χ4v) is 2.11. The number of hydrogen-bond donors (Lipinski definition) is 1. The number of amides is 1. The summed E-state index contributed by atoms with van der Waals surface area (Å²) < 4.78 is 10.4. The Balaban J connectivity index is 1.79. The molecule has 4 nitrogen and oxygen atoms in total. The number of ether oxygens (including phenoxy) is 2. The van der Waals surface area contributed by atoms with E-state index in [0.717, 1.165) is 19.3 Å². The minimum Gasteiger partial charge on any atom is -0.450 e. The van der Waals surface area contributed by atoms with Crippen molar-refractivity contribution in [2.75, 3.05) is 6.61 Å². The van der Waals surface area contributed by atoms with Crippen LogP contribution < -0.4 is 5.32 Å². The van der Waals surface area contributed by atoms with Crippen molar-refractivity contribution >= 4 is 6.09 Å². The highest BCUT2D eigenvalue weighted by Gasteiger charge is 2.41. The molecule has 0 aromatic heterocycles. The van der Waals surface area contributed by atoms with E-state index in [9.17, 15) is 4.79 Å². The van der Waals surface area contributed by atoms with Crippen LogP contribution >= 0.6 is 0 Å². The molecule has 4 heteroatoms. The van der Waals surface area contributed by atoms with Crippen molar-refractivity contribution in [3.8, 4) is 0 Å². The first-order valence-corrected chi connectivity index (χ1v) is 4.88. The second-order valence-electron chi connectivity index (χ2n) is 3.58. The van der Waals surface area contributed by atoms with Crippen LogP contribution in [0.1, 0.15) is 26.2 Å². The van der Waals surface area contributed by atoms with E-state index in [-0.39, 0.29) is 18.2 Å². The molecule has 13 heavy (non-hydrogen) atoms. The van der Waals surface area contributed by atoms with Crippen molar-refractivity contribution in [1.29, 1.82) is 0 Å². The first-order chi connectivity index (χ1) is 6.29. The van der Waals surface area contributed by atoms with Gasteiger partial charge in [0, 0.05) is 0 Å². The molecule has 0 unspecified atom stereocenters. The molecule has 1 N–H and O–H groups in total. The molecular weight excluding hydrogens is 170 g/mol. The Morgan fingerprint density at radius 1 is 1.62 bits per heavy atom. The molecule has 0 aromatic carbocycles. The summed E-state index contributed by atoms with van der Waals surface area (Å²) in [4.78, 5) is 11.1. The first-order valence-electron chi connectivity index (χ1n) is 4.88. The van der Waals surface area contributed by atoms with Crippen LogP contribution in [0.2, 0.25) is 0 Å². The quantitative estimate of drug-likeness (QED) is 0.699. The number of rotatable bonds is 2. The van der Waals surface area contributed by atoms with Crippen LogP contribution in [0, 0.1) is 0 Å². The van der Waals surface area contributed by atoms with Gasteiger partial charge in [0.15, 0.2) is 0 Å². The summed E-state index contributed by atoms with van der Waals surface area (Å²) in [5.41, 5.74) is 0. The molecule has 2 bridgehead atoms. The molecule has 0 aromatic rings. The van der Waals surface area contributed by atoms with E-state index in [2.05, 4.69) is 5.32 Å². The van der Waals surface area contributed by atoms with Gasteiger partial charge < -0.3 is 14.8 Å². The van der Waals surface area contributed by atoms with Gasteiger partial charge in [0.25, 0.3) is 0 Å². The maximum absolute atomic E-state index is 11.1. The van der Waals surface area contributed by atoms with Crippen molar-refractivity contribution in [3.63, 3.8) is 0 Å². The number of fused-ring (bicyclic) bond motifs is 2. The summed E-state index contributed by atoms with van der Waals surface area (Å²) in [5, 5.41) is 2.83. The van der Waals surface area contributed by atoms with Crippen molar-refractivity contribution in [3.05, 3.63) is 0 Å². The molecule has 2 fully saturated rings. The van der Waals surface area contributed by atoms with Gasteiger partial charge in [-0.05, 0) is 26.2 Å². The summed E-state index contributed by atoms with van der Waals surface area (Å²) in [7, 11) is 0. The van der Waals surface area contributed by atoms with E-state index in [1.54, 1.807) is 6.92 Å². The lowest BCUT2D eigenvalue weighted by Crippen LogP contribution is -2.41. The highest BCUT2D eigenvalue weighted by molar-refractivity contribution is 5.67. The van der Waals surface area contributed by atoms with Gasteiger partial charge >= 0.3 is 6.09 Å². The second-order valence-corrected chi connectivity index (χ2v) is 3.58. The van der Waals surface area contributed by atoms with Gasteiger partial charge in [0.05, 0.1) is 24.9 Å². The van der Waals surface area contributed by atoms with Crippen LogP contribution in [0.25, 0.3) is 0 Å². The number of hydrogen-bond acceptors (Lipinski definition) is 3. The van der Waals surface area contributed by atoms with Crippen LogP contribution in [-0.2, 0) is 9.47 Å². The monoisotopic (exact) mass is 185 g/mol. The maximum atomic E-state index is 11.1. The lowest BCUT2D eigenvalue weighted by molar-refractivity contribution is 0.0940. The number of nitrogens with one attached hydrogen (secondary N) is 1. The summed E-state index contributed by atoms with van der Waals surface area (Å²) in [6.07, 6.45) is 3.45. The van der Waals surface area contributed by atoms with Crippen molar-refractivity contribution in [1.82, 2.24) is 5.32 Å². The van der Waals surface area contributed by atoms with Crippen LogP contribution in [0.15, 0.2) is 0 Å². The Kier molecular flexibility index (Phi) is 2.40. The third-order valence-electron chi connectivity index (χ3n) is 2.68. The summed E-state index contributed by atoms with van der Waals surface area (Å²) in [5.74, 6) is 0. The van der Waals surface area contributed by atoms with Gasteiger partial charge in [-0.2, -0.15) is 0 Å². The Morgan fingerprint density at radius 2 is 2.46 bits per heavy atom. The largest absolute Gasteiger partial charge is 0.450 e. The lowest BCUT2D eigenvalue weighted by atomic mass is 9.96. The van der Waals surface area contributed by atoms with E-state index in [0.29, 0.717) is 12.7 Å². The minimum absolute atomic E-state index is 0.179. The van der Waals surface area contributed by atoms with E-state index in [1.165, 1.54) is 0 Å². The van der Waals surface area contributed by atoms with Gasteiger partial charge in [-0.1, -0.05) is 0 Å². The molecular formula is C9H15NO3. The molecule has 2 aliphatic rings. The van der Waals surface area contributed by atoms with E-state index < -0.39 is 0 Å². The standard InChI is InChI=1S/C9H15NO3/c1-2-12-9(11)10-7-5-6-3-4-8(7)13-6/h6-8H,2-5H2,1H3,(H,10,11)/t6-,7-,8-/m1/s1. The Hall–Kier alpha value is -0.770. The van der Waals surface area contributed by atoms with Gasteiger partial charge in [0.2, 0.25) is 0 Å². The Morgan fingerprint density at radius 3 is 3.00 bits per heavy atom. The zero-order chi connectivity index (χ0) is 9.26. The van der Waals surface area contributed by atoms with Gasteiger partial charge in [0.1, 0.15) is 0 Å². The molecule has 2 heterocycles. The fourth-order valence-electron chi connectivity index (χ4n) is 2.11. The predicted molar refractivity (Wildman–Crippen MR) is 46.5 cm³/mol. The van der Waals surface area contributed by atoms with Crippen LogP contribution in [0.4, 0.5) is 4.79 Å². The molecule has 0 radical (unpaired) electrons. The third kappa shape index (κ3) is 1.77. The molecule has 1 amide bonds. The maximum Gasteiger partial charge on any atom is 0.407 e. The van der Waals surface area contributed by atoms with Gasteiger partial charge in [-0.15, -0.1) is 0 Å². The van der Waals surface area contributed by atoms with Crippen molar-refractivity contribution in [2.45, 2.75) is 44.4 Å². The normalized spacial score (nSPS) is 36.2. The molecule has 3 atom stereocenters. The highest BCUT2D eigenvalue weighted by atomic mass is 16.5. The van der Waals surface area contributed by atoms with Gasteiger partial charge in [-0.3, -0.25) is 0 Å².